The number of halogens is 3. The van der Waals surface area contributed by atoms with E-state index in [9.17, 15) is 23.2 Å². The second kappa shape index (κ2) is 11.2. The molecule has 178 valence electrons. The summed E-state index contributed by atoms with van der Waals surface area (Å²) in [6.07, 6.45) is -3.15. The number of ether oxygens (including phenoxy) is 1. The highest BCUT2D eigenvalue weighted by molar-refractivity contribution is 7.98. The molecular weight excluding hydrogens is 457 g/mol. The number of Topliss-reactive ketones (excluding diaryl/α,β-unsaturated/α-hetero) is 1. The number of anilines is 2. The zero-order valence-corrected chi connectivity index (χ0v) is 19.5. The van der Waals surface area contributed by atoms with Gasteiger partial charge in [0.05, 0.1) is 11.6 Å². The lowest BCUT2D eigenvalue weighted by Crippen LogP contribution is -2.29. The van der Waals surface area contributed by atoms with Crippen LogP contribution in [0.3, 0.4) is 0 Å². The van der Waals surface area contributed by atoms with Gasteiger partial charge >= 0.3 is 6.18 Å². The van der Waals surface area contributed by atoms with Gasteiger partial charge in [-0.3, -0.25) is 4.79 Å². The normalized spacial score (nSPS) is 12.3. The zero-order chi connectivity index (χ0) is 24.8. The fourth-order valence-corrected chi connectivity index (χ4v) is 3.34. The van der Waals surface area contributed by atoms with Gasteiger partial charge in [0, 0.05) is 13.0 Å². The van der Waals surface area contributed by atoms with E-state index in [1.165, 1.54) is 24.8 Å². The summed E-state index contributed by atoms with van der Waals surface area (Å²) < 4.78 is 45.5. The van der Waals surface area contributed by atoms with Crippen LogP contribution in [0.1, 0.15) is 23.6 Å². The summed E-state index contributed by atoms with van der Waals surface area (Å²) in [5, 5.41) is 12.6. The Morgan fingerprint density at radius 3 is 2.61 bits per heavy atom. The van der Waals surface area contributed by atoms with Crippen LogP contribution in [0.25, 0.3) is 0 Å². The molecule has 0 spiro atoms. The average Bonchev–Trinajstić information content (AvgIpc) is 2.72. The molecule has 33 heavy (non-hydrogen) atoms. The monoisotopic (exact) mass is 482 g/mol. The SMILES string of the molecule is CSc1nc(N)nc(N[C@@H](C)C(=O)Cc2cc(OCCN(C)C)cc(C(F)(F)F)c2)c1C#N. The molecule has 1 aromatic heterocycles. The number of ketones is 1. The van der Waals surface area contributed by atoms with E-state index in [1.807, 2.05) is 25.1 Å². The number of nitrogen functional groups attached to an aromatic ring is 1. The summed E-state index contributed by atoms with van der Waals surface area (Å²) in [4.78, 5) is 22.6. The second-order valence-electron chi connectivity index (χ2n) is 7.45. The molecule has 1 heterocycles. The van der Waals surface area contributed by atoms with Gasteiger partial charge in [0.2, 0.25) is 5.95 Å². The number of likely N-dealkylation sites (N-methyl/N-ethyl adjacent to an activating group) is 1. The Morgan fingerprint density at radius 1 is 1.33 bits per heavy atom. The Kier molecular flexibility index (Phi) is 8.90. The molecule has 0 bridgehead atoms. The van der Waals surface area contributed by atoms with E-state index in [1.54, 1.807) is 6.26 Å². The highest BCUT2D eigenvalue weighted by Gasteiger charge is 2.32. The fraction of sp³-hybridized carbons (Fsp3) is 0.429. The summed E-state index contributed by atoms with van der Waals surface area (Å²) in [6.45, 7) is 2.25. The first-order valence-corrected chi connectivity index (χ1v) is 11.1. The molecule has 1 aromatic carbocycles. The van der Waals surface area contributed by atoms with Gasteiger partial charge in [-0.2, -0.15) is 23.4 Å². The maximum atomic E-state index is 13.4. The molecule has 2 rings (SSSR count). The van der Waals surface area contributed by atoms with Crippen molar-refractivity contribution in [2.45, 2.75) is 30.6 Å². The van der Waals surface area contributed by atoms with Crippen molar-refractivity contribution in [2.24, 2.45) is 0 Å². The predicted molar refractivity (Wildman–Crippen MR) is 120 cm³/mol. The van der Waals surface area contributed by atoms with Crippen molar-refractivity contribution >= 4 is 29.3 Å². The summed E-state index contributed by atoms with van der Waals surface area (Å²) in [5.41, 5.74) is 5.07. The van der Waals surface area contributed by atoms with E-state index in [4.69, 9.17) is 10.5 Å². The van der Waals surface area contributed by atoms with Crippen LogP contribution in [0.5, 0.6) is 5.75 Å². The van der Waals surface area contributed by atoms with Crippen molar-refractivity contribution in [3.63, 3.8) is 0 Å². The molecule has 8 nitrogen and oxygen atoms in total. The molecule has 0 radical (unpaired) electrons. The smallest absolute Gasteiger partial charge is 0.416 e. The number of thioether (sulfide) groups is 1. The Balaban J connectivity index is 2.23. The van der Waals surface area contributed by atoms with E-state index in [0.717, 1.165) is 12.1 Å². The fourth-order valence-electron chi connectivity index (χ4n) is 2.81. The first kappa shape index (κ1) is 26.2. The number of nitrogens with one attached hydrogen (secondary N) is 1. The van der Waals surface area contributed by atoms with Crippen molar-refractivity contribution in [1.29, 1.82) is 5.26 Å². The maximum Gasteiger partial charge on any atom is 0.416 e. The number of nitrogens with two attached hydrogens (primary N) is 1. The van der Waals surface area contributed by atoms with Gasteiger partial charge in [-0.25, -0.2) is 4.98 Å². The van der Waals surface area contributed by atoms with Crippen LogP contribution in [-0.4, -0.2) is 60.2 Å². The van der Waals surface area contributed by atoms with Crippen LogP contribution in [0.15, 0.2) is 23.2 Å². The zero-order valence-electron chi connectivity index (χ0n) is 18.7. The summed E-state index contributed by atoms with van der Waals surface area (Å²) >= 11 is 1.20. The minimum atomic E-state index is -4.59. The highest BCUT2D eigenvalue weighted by atomic mass is 32.2. The molecule has 0 saturated carbocycles. The van der Waals surface area contributed by atoms with Crippen LogP contribution in [0.4, 0.5) is 24.9 Å². The maximum absolute atomic E-state index is 13.4. The molecular formula is C21H25F3N6O2S. The van der Waals surface area contributed by atoms with Crippen molar-refractivity contribution in [3.8, 4) is 11.8 Å². The van der Waals surface area contributed by atoms with Gasteiger partial charge in [0.15, 0.2) is 11.6 Å². The van der Waals surface area contributed by atoms with Gasteiger partial charge in [0.1, 0.15) is 29.0 Å². The Labute approximate surface area is 194 Å². The standard InChI is InChI=1S/C21H25F3N6O2S/c1-12(27-18-16(11-25)19(33-4)29-20(26)28-18)17(31)9-13-7-14(21(22,23)24)10-15(8-13)32-6-5-30(2)3/h7-8,10,12H,5-6,9H2,1-4H3,(H3,26,27,28,29)/t12-/m0/s1. The predicted octanol–water partition coefficient (Wildman–Crippen LogP) is 3.22. The molecule has 2 aromatic rings. The van der Waals surface area contributed by atoms with Crippen LogP contribution in [-0.2, 0) is 17.4 Å². The van der Waals surface area contributed by atoms with Gasteiger partial charge < -0.3 is 20.7 Å². The lowest BCUT2D eigenvalue weighted by molar-refractivity contribution is -0.137. The number of aromatic nitrogens is 2. The molecule has 0 saturated heterocycles. The molecule has 0 aliphatic heterocycles. The first-order chi connectivity index (χ1) is 15.4. The summed E-state index contributed by atoms with van der Waals surface area (Å²) in [6, 6.07) is 4.39. The molecule has 0 aliphatic carbocycles. The van der Waals surface area contributed by atoms with Gasteiger partial charge in [-0.1, -0.05) is 0 Å². The van der Waals surface area contributed by atoms with Gasteiger partial charge in [-0.15, -0.1) is 11.8 Å². The number of nitrogens with zero attached hydrogens (tertiary/aromatic N) is 4. The topological polar surface area (TPSA) is 117 Å². The number of alkyl halides is 3. The number of rotatable bonds is 10. The Morgan fingerprint density at radius 2 is 2.03 bits per heavy atom. The third-order valence-corrected chi connectivity index (χ3v) is 5.20. The molecule has 3 N–H and O–H groups in total. The number of hydrogen-bond donors (Lipinski definition) is 2. The number of hydrogen-bond acceptors (Lipinski definition) is 9. The number of nitriles is 1. The molecule has 0 unspecified atom stereocenters. The van der Waals surface area contributed by atoms with Crippen molar-refractivity contribution in [3.05, 3.63) is 34.9 Å². The Bertz CT molecular complexity index is 1040. The highest BCUT2D eigenvalue weighted by Crippen LogP contribution is 2.33. The van der Waals surface area contributed by atoms with Crippen LogP contribution in [0, 0.1) is 11.3 Å². The van der Waals surface area contributed by atoms with E-state index in [0.29, 0.717) is 11.6 Å². The van der Waals surface area contributed by atoms with Gasteiger partial charge in [0.25, 0.3) is 0 Å². The molecule has 0 aliphatic rings. The van der Waals surface area contributed by atoms with Crippen molar-refractivity contribution < 1.29 is 22.7 Å². The van der Waals surface area contributed by atoms with Crippen molar-refractivity contribution in [2.75, 3.05) is 44.6 Å². The molecule has 0 fully saturated rings. The minimum Gasteiger partial charge on any atom is -0.492 e. The summed E-state index contributed by atoms with van der Waals surface area (Å²) in [5.74, 6) is -0.347. The van der Waals surface area contributed by atoms with Crippen molar-refractivity contribution in [1.82, 2.24) is 14.9 Å². The molecule has 0 amide bonds. The molecule has 1 atom stereocenters. The lowest BCUT2D eigenvalue weighted by Gasteiger charge is -2.17. The largest absolute Gasteiger partial charge is 0.492 e. The van der Waals surface area contributed by atoms with E-state index in [-0.39, 0.29) is 41.7 Å². The summed E-state index contributed by atoms with van der Waals surface area (Å²) in [7, 11) is 3.64. The number of benzene rings is 1. The third kappa shape index (κ3) is 7.50. The third-order valence-electron chi connectivity index (χ3n) is 4.51. The quantitative estimate of drug-likeness (QED) is 0.389. The van der Waals surface area contributed by atoms with Gasteiger partial charge in [-0.05, 0) is 51.0 Å². The Hall–Kier alpha value is -3.04. The average molecular weight is 483 g/mol. The first-order valence-electron chi connectivity index (χ1n) is 9.84. The van der Waals surface area contributed by atoms with Crippen LogP contribution in [0.2, 0.25) is 0 Å². The van der Waals surface area contributed by atoms with E-state index < -0.39 is 23.6 Å². The second-order valence-corrected chi connectivity index (χ2v) is 8.25. The van der Waals surface area contributed by atoms with E-state index in [2.05, 4.69) is 15.3 Å². The lowest BCUT2D eigenvalue weighted by atomic mass is 10.0. The number of carbonyl (C=O) groups is 1. The van der Waals surface area contributed by atoms with Crippen LogP contribution >= 0.6 is 11.8 Å². The van der Waals surface area contributed by atoms with Crippen LogP contribution < -0.4 is 15.8 Å². The molecule has 12 heteroatoms. The number of carbonyl (C=O) groups excluding carboxylic acids is 1. The minimum absolute atomic E-state index is 0.0371. The van der Waals surface area contributed by atoms with E-state index >= 15 is 0 Å².